The summed E-state index contributed by atoms with van der Waals surface area (Å²) in [4.78, 5) is 10.3. The minimum atomic E-state index is -0.348. The summed E-state index contributed by atoms with van der Waals surface area (Å²) in [6, 6.07) is 18.4. The predicted molar refractivity (Wildman–Crippen MR) is 97.5 cm³/mol. The highest BCUT2D eigenvalue weighted by Crippen LogP contribution is 2.36. The molecule has 0 spiro atoms. The average Bonchev–Trinajstić information content (AvgIpc) is 3.02. The van der Waals surface area contributed by atoms with Crippen LogP contribution < -0.4 is 5.32 Å². The first-order chi connectivity index (χ1) is 11.7. The van der Waals surface area contributed by atoms with Gasteiger partial charge < -0.3 is 5.32 Å². The Morgan fingerprint density at radius 1 is 0.958 bits per heavy atom. The maximum Gasteiger partial charge on any atom is 0.225 e. The monoisotopic (exact) mass is 355 g/mol. The van der Waals surface area contributed by atoms with Gasteiger partial charge in [0.2, 0.25) is 5.28 Å². The number of hydrogen-bond acceptors (Lipinski definition) is 4. The van der Waals surface area contributed by atoms with Crippen LogP contribution in [-0.2, 0) is 0 Å². The summed E-state index contributed by atoms with van der Waals surface area (Å²) in [7, 11) is 0. The number of thiophene rings is 1. The van der Waals surface area contributed by atoms with Gasteiger partial charge in [-0.15, -0.1) is 11.3 Å². The number of anilines is 2. The van der Waals surface area contributed by atoms with E-state index in [0.717, 1.165) is 20.7 Å². The number of rotatable bonds is 3. The second kappa shape index (κ2) is 6.19. The lowest BCUT2D eigenvalue weighted by Gasteiger charge is -2.07. The molecule has 0 fully saturated rings. The van der Waals surface area contributed by atoms with Crippen molar-refractivity contribution in [3.05, 3.63) is 71.8 Å². The van der Waals surface area contributed by atoms with E-state index in [1.165, 1.54) is 17.4 Å². The Labute approximate surface area is 146 Å². The molecule has 118 valence electrons. The normalized spacial score (nSPS) is 10.9. The van der Waals surface area contributed by atoms with Crippen molar-refractivity contribution in [1.29, 1.82) is 0 Å². The van der Waals surface area contributed by atoms with Crippen molar-refractivity contribution in [2.45, 2.75) is 0 Å². The highest BCUT2D eigenvalue weighted by molar-refractivity contribution is 7.22. The number of aromatic nitrogens is 2. The fraction of sp³-hybridized carbons (Fsp3) is 0. The molecule has 0 amide bonds. The summed E-state index contributed by atoms with van der Waals surface area (Å²) in [5.41, 5.74) is 1.44. The lowest BCUT2D eigenvalue weighted by Crippen LogP contribution is -1.97. The fourth-order valence-corrected chi connectivity index (χ4v) is 3.68. The molecule has 6 heteroatoms. The lowest BCUT2D eigenvalue weighted by atomic mass is 10.2. The number of para-hydroxylation sites is 1. The SMILES string of the molecule is Fc1ccccc1Nc1nc(Cl)nc2sc(-c3ccccc3)cc12. The van der Waals surface area contributed by atoms with Crippen LogP contribution in [0.3, 0.4) is 0 Å². The molecule has 0 saturated heterocycles. The van der Waals surface area contributed by atoms with Gasteiger partial charge in [0.15, 0.2) is 0 Å². The van der Waals surface area contributed by atoms with E-state index in [-0.39, 0.29) is 11.1 Å². The van der Waals surface area contributed by atoms with Gasteiger partial charge in [0.05, 0.1) is 11.1 Å². The second-order valence-electron chi connectivity index (χ2n) is 5.14. The molecule has 2 aromatic heterocycles. The van der Waals surface area contributed by atoms with Gasteiger partial charge in [-0.3, -0.25) is 0 Å². The van der Waals surface area contributed by atoms with E-state index in [1.54, 1.807) is 18.2 Å². The molecular weight excluding hydrogens is 345 g/mol. The van der Waals surface area contributed by atoms with Crippen molar-refractivity contribution in [3.63, 3.8) is 0 Å². The molecule has 0 unspecified atom stereocenters. The van der Waals surface area contributed by atoms with Gasteiger partial charge in [0, 0.05) is 4.88 Å². The highest BCUT2D eigenvalue weighted by atomic mass is 35.5. The van der Waals surface area contributed by atoms with Crippen LogP contribution in [0, 0.1) is 5.82 Å². The molecule has 2 heterocycles. The van der Waals surface area contributed by atoms with Gasteiger partial charge >= 0.3 is 0 Å². The van der Waals surface area contributed by atoms with Crippen LogP contribution in [0.5, 0.6) is 0 Å². The molecule has 0 atom stereocenters. The predicted octanol–water partition coefficient (Wildman–Crippen LogP) is 5.89. The lowest BCUT2D eigenvalue weighted by molar-refractivity contribution is 0.632. The topological polar surface area (TPSA) is 37.8 Å². The molecule has 4 rings (SSSR count). The number of nitrogens with zero attached hydrogens (tertiary/aromatic N) is 2. The van der Waals surface area contributed by atoms with E-state index < -0.39 is 0 Å². The number of halogens is 2. The summed E-state index contributed by atoms with van der Waals surface area (Å²) < 4.78 is 13.9. The molecule has 0 bridgehead atoms. The average molecular weight is 356 g/mol. The standard InChI is InChI=1S/C18H11ClFN3S/c19-18-22-16(21-14-9-5-4-8-13(14)20)12-10-15(24-17(12)23-18)11-6-2-1-3-7-11/h1-10H,(H,21,22,23). The first-order valence-corrected chi connectivity index (χ1v) is 8.44. The Balaban J connectivity index is 1.83. The maximum absolute atomic E-state index is 13.9. The molecule has 0 saturated carbocycles. The maximum atomic E-state index is 13.9. The fourth-order valence-electron chi connectivity index (χ4n) is 2.43. The molecule has 3 nitrogen and oxygen atoms in total. The molecule has 0 aliphatic heterocycles. The quantitative estimate of drug-likeness (QED) is 0.465. The molecule has 4 aromatic rings. The number of fused-ring (bicyclic) bond motifs is 1. The Kier molecular flexibility index (Phi) is 3.88. The molecule has 0 aliphatic carbocycles. The highest BCUT2D eigenvalue weighted by Gasteiger charge is 2.13. The molecule has 0 aliphatic rings. The van der Waals surface area contributed by atoms with Crippen molar-refractivity contribution < 1.29 is 4.39 Å². The van der Waals surface area contributed by atoms with E-state index >= 15 is 0 Å². The van der Waals surface area contributed by atoms with Crippen molar-refractivity contribution in [2.24, 2.45) is 0 Å². The molecule has 0 radical (unpaired) electrons. The van der Waals surface area contributed by atoms with E-state index in [2.05, 4.69) is 15.3 Å². The van der Waals surface area contributed by atoms with Crippen molar-refractivity contribution in [2.75, 3.05) is 5.32 Å². The molecular formula is C18H11ClFN3S. The van der Waals surface area contributed by atoms with Gasteiger partial charge in [0.1, 0.15) is 16.5 Å². The molecule has 2 aromatic carbocycles. The Bertz CT molecular complexity index is 1020. The molecule has 1 N–H and O–H groups in total. The second-order valence-corrected chi connectivity index (χ2v) is 6.51. The third-order valence-electron chi connectivity index (χ3n) is 3.55. The zero-order chi connectivity index (χ0) is 16.5. The van der Waals surface area contributed by atoms with Gasteiger partial charge in [-0.2, -0.15) is 4.98 Å². The van der Waals surface area contributed by atoms with Crippen molar-refractivity contribution in [1.82, 2.24) is 9.97 Å². The number of nitrogens with one attached hydrogen (secondary N) is 1. The Morgan fingerprint density at radius 3 is 2.50 bits per heavy atom. The van der Waals surface area contributed by atoms with Gasteiger partial charge in [-0.05, 0) is 35.4 Å². The van der Waals surface area contributed by atoms with Crippen molar-refractivity contribution >= 4 is 44.7 Å². The minimum Gasteiger partial charge on any atom is -0.337 e. The minimum absolute atomic E-state index is 0.128. The number of hydrogen-bond donors (Lipinski definition) is 1. The van der Waals surface area contributed by atoms with Crippen LogP contribution in [0.1, 0.15) is 0 Å². The van der Waals surface area contributed by atoms with Crippen molar-refractivity contribution in [3.8, 4) is 10.4 Å². The van der Waals surface area contributed by atoms with Gasteiger partial charge in [-0.25, -0.2) is 9.37 Å². The van der Waals surface area contributed by atoms with Crippen LogP contribution in [0.15, 0.2) is 60.7 Å². The largest absolute Gasteiger partial charge is 0.337 e. The van der Waals surface area contributed by atoms with E-state index in [9.17, 15) is 4.39 Å². The summed E-state index contributed by atoms with van der Waals surface area (Å²) >= 11 is 7.56. The Hall–Kier alpha value is -2.50. The van der Waals surface area contributed by atoms with Crippen LogP contribution in [-0.4, -0.2) is 9.97 Å². The summed E-state index contributed by atoms with van der Waals surface area (Å²) in [5.74, 6) is 0.146. The van der Waals surface area contributed by atoms with Crippen LogP contribution in [0.25, 0.3) is 20.7 Å². The summed E-state index contributed by atoms with van der Waals surface area (Å²) in [5, 5.41) is 3.96. The van der Waals surface area contributed by atoms with E-state index in [1.807, 2.05) is 36.4 Å². The van der Waals surface area contributed by atoms with Gasteiger partial charge in [0.25, 0.3) is 0 Å². The third-order valence-corrected chi connectivity index (χ3v) is 4.80. The van der Waals surface area contributed by atoms with Gasteiger partial charge in [-0.1, -0.05) is 42.5 Å². The zero-order valence-corrected chi connectivity index (χ0v) is 13.9. The molecule has 24 heavy (non-hydrogen) atoms. The van der Waals surface area contributed by atoms with Crippen LogP contribution in [0.4, 0.5) is 15.9 Å². The smallest absolute Gasteiger partial charge is 0.225 e. The zero-order valence-electron chi connectivity index (χ0n) is 12.3. The first kappa shape index (κ1) is 15.1. The van der Waals surface area contributed by atoms with Crippen LogP contribution in [0.2, 0.25) is 5.28 Å². The number of benzene rings is 2. The first-order valence-electron chi connectivity index (χ1n) is 7.25. The van der Waals surface area contributed by atoms with E-state index in [0.29, 0.717) is 11.5 Å². The van der Waals surface area contributed by atoms with E-state index in [4.69, 9.17) is 11.6 Å². The Morgan fingerprint density at radius 2 is 1.71 bits per heavy atom. The summed E-state index contributed by atoms with van der Waals surface area (Å²) in [6.07, 6.45) is 0. The third kappa shape index (κ3) is 2.84. The van der Waals surface area contributed by atoms with Crippen LogP contribution >= 0.6 is 22.9 Å². The summed E-state index contributed by atoms with van der Waals surface area (Å²) in [6.45, 7) is 0.